The van der Waals surface area contributed by atoms with Crippen molar-refractivity contribution < 1.29 is 0 Å². The molecule has 0 spiro atoms. The summed E-state index contributed by atoms with van der Waals surface area (Å²) in [4.78, 5) is 13.5. The van der Waals surface area contributed by atoms with Crippen LogP contribution >= 0.6 is 0 Å². The van der Waals surface area contributed by atoms with Gasteiger partial charge < -0.3 is 15.1 Å². The number of rotatable bonds is 10. The number of hydrogen-bond donors (Lipinski definition) is 1. The van der Waals surface area contributed by atoms with E-state index in [1.54, 1.807) is 0 Å². The van der Waals surface area contributed by atoms with Crippen molar-refractivity contribution in [3.8, 4) is 0 Å². The average molecular weight is 293 g/mol. The minimum atomic E-state index is 0.663. The highest BCUT2D eigenvalue weighted by Gasteiger charge is 2.09. The first-order valence-electron chi connectivity index (χ1n) is 7.94. The van der Waals surface area contributed by atoms with Crippen LogP contribution in [0.15, 0.2) is 12.4 Å². The average Bonchev–Trinajstić information content (AvgIpc) is 2.44. The number of aromatic nitrogens is 2. The zero-order valence-corrected chi connectivity index (χ0v) is 14.3. The lowest BCUT2D eigenvalue weighted by molar-refractivity contribution is 0.411. The molecule has 1 N–H and O–H groups in total. The molecule has 0 atom stereocenters. The SMILES string of the molecule is CCCN(CCN(C)C)c1ncc(CNCC(C)C)cn1. The summed E-state index contributed by atoms with van der Waals surface area (Å²) in [6.07, 6.45) is 4.98. The maximum atomic E-state index is 4.53. The van der Waals surface area contributed by atoms with Crippen LogP contribution < -0.4 is 10.2 Å². The summed E-state index contributed by atoms with van der Waals surface area (Å²) in [6.45, 7) is 11.4. The standard InChI is InChI=1S/C16H31N5/c1-6-7-21(9-8-20(4)5)16-18-12-15(13-19-16)11-17-10-14(2)3/h12-14,17H,6-11H2,1-5H3. The Morgan fingerprint density at radius 1 is 1.10 bits per heavy atom. The van der Waals surface area contributed by atoms with Gasteiger partial charge in [0.1, 0.15) is 0 Å². The van der Waals surface area contributed by atoms with Crippen LogP contribution in [-0.2, 0) is 6.54 Å². The molecule has 0 saturated carbocycles. The van der Waals surface area contributed by atoms with Crippen LogP contribution in [0, 0.1) is 5.92 Å². The van der Waals surface area contributed by atoms with Crippen LogP contribution in [-0.4, -0.2) is 55.1 Å². The van der Waals surface area contributed by atoms with Crippen molar-refractivity contribution in [3.05, 3.63) is 18.0 Å². The minimum Gasteiger partial charge on any atom is -0.340 e. The van der Waals surface area contributed by atoms with Gasteiger partial charge >= 0.3 is 0 Å². The Kier molecular flexibility index (Phi) is 8.23. The smallest absolute Gasteiger partial charge is 0.225 e. The fraction of sp³-hybridized carbons (Fsp3) is 0.750. The third-order valence-corrected chi connectivity index (χ3v) is 3.17. The molecule has 21 heavy (non-hydrogen) atoms. The van der Waals surface area contributed by atoms with Gasteiger partial charge in [-0.2, -0.15) is 0 Å². The summed E-state index contributed by atoms with van der Waals surface area (Å²) in [7, 11) is 4.18. The van der Waals surface area contributed by atoms with Crippen LogP contribution in [0.3, 0.4) is 0 Å². The first-order chi connectivity index (χ1) is 10.0. The van der Waals surface area contributed by atoms with Gasteiger partial charge in [-0.05, 0) is 33.0 Å². The van der Waals surface area contributed by atoms with Crippen LogP contribution in [0.5, 0.6) is 0 Å². The predicted octanol–water partition coefficient (Wildman–Crippen LogP) is 2.00. The summed E-state index contributed by atoms with van der Waals surface area (Å²) in [6, 6.07) is 0. The largest absolute Gasteiger partial charge is 0.340 e. The van der Waals surface area contributed by atoms with Gasteiger partial charge in [-0.3, -0.25) is 0 Å². The van der Waals surface area contributed by atoms with Gasteiger partial charge in [0.25, 0.3) is 0 Å². The Morgan fingerprint density at radius 2 is 1.76 bits per heavy atom. The normalized spacial score (nSPS) is 11.4. The highest BCUT2D eigenvalue weighted by Crippen LogP contribution is 2.08. The zero-order valence-electron chi connectivity index (χ0n) is 14.3. The highest BCUT2D eigenvalue weighted by molar-refractivity contribution is 5.29. The second-order valence-electron chi connectivity index (χ2n) is 6.21. The van der Waals surface area contributed by atoms with Crippen molar-refractivity contribution in [3.63, 3.8) is 0 Å². The molecule has 1 heterocycles. The molecule has 120 valence electrons. The number of nitrogens with one attached hydrogen (secondary N) is 1. The lowest BCUT2D eigenvalue weighted by Gasteiger charge is -2.23. The molecule has 1 aromatic rings. The summed E-state index contributed by atoms with van der Waals surface area (Å²) < 4.78 is 0. The Hall–Kier alpha value is -1.20. The third kappa shape index (κ3) is 7.39. The summed E-state index contributed by atoms with van der Waals surface area (Å²) in [5, 5.41) is 3.41. The number of nitrogens with zero attached hydrogens (tertiary/aromatic N) is 4. The topological polar surface area (TPSA) is 44.3 Å². The first-order valence-corrected chi connectivity index (χ1v) is 7.94. The van der Waals surface area contributed by atoms with Gasteiger partial charge in [0.15, 0.2) is 0 Å². The molecular weight excluding hydrogens is 262 g/mol. The van der Waals surface area contributed by atoms with Crippen molar-refractivity contribution in [2.24, 2.45) is 5.92 Å². The molecule has 0 amide bonds. The molecule has 0 aliphatic heterocycles. The molecule has 5 nitrogen and oxygen atoms in total. The Morgan fingerprint density at radius 3 is 2.29 bits per heavy atom. The van der Waals surface area contributed by atoms with Crippen molar-refractivity contribution in [2.75, 3.05) is 45.2 Å². The molecule has 0 radical (unpaired) electrons. The summed E-state index contributed by atoms with van der Waals surface area (Å²) >= 11 is 0. The van der Waals surface area contributed by atoms with Crippen molar-refractivity contribution in [1.82, 2.24) is 20.2 Å². The van der Waals surface area contributed by atoms with E-state index in [0.29, 0.717) is 5.92 Å². The Labute approximate surface area is 129 Å². The lowest BCUT2D eigenvalue weighted by Crippen LogP contribution is -2.33. The van der Waals surface area contributed by atoms with Crippen molar-refractivity contribution >= 4 is 5.95 Å². The van der Waals surface area contributed by atoms with Gasteiger partial charge in [0.05, 0.1) is 0 Å². The van der Waals surface area contributed by atoms with E-state index in [4.69, 9.17) is 0 Å². The van der Waals surface area contributed by atoms with E-state index in [0.717, 1.165) is 50.7 Å². The minimum absolute atomic E-state index is 0.663. The van der Waals surface area contributed by atoms with Gasteiger partial charge in [-0.25, -0.2) is 9.97 Å². The quantitative estimate of drug-likeness (QED) is 0.715. The van der Waals surface area contributed by atoms with Gasteiger partial charge in [-0.1, -0.05) is 20.8 Å². The van der Waals surface area contributed by atoms with Crippen LogP contribution in [0.1, 0.15) is 32.8 Å². The third-order valence-electron chi connectivity index (χ3n) is 3.17. The second-order valence-corrected chi connectivity index (χ2v) is 6.21. The van der Waals surface area contributed by atoms with E-state index in [-0.39, 0.29) is 0 Å². The van der Waals surface area contributed by atoms with Crippen molar-refractivity contribution in [1.29, 1.82) is 0 Å². The van der Waals surface area contributed by atoms with E-state index in [9.17, 15) is 0 Å². The highest BCUT2D eigenvalue weighted by atomic mass is 15.3. The summed E-state index contributed by atoms with van der Waals surface area (Å²) in [5.74, 6) is 1.50. The molecule has 1 aromatic heterocycles. The molecule has 0 bridgehead atoms. The molecule has 5 heteroatoms. The van der Waals surface area contributed by atoms with E-state index < -0.39 is 0 Å². The van der Waals surface area contributed by atoms with Crippen LogP contribution in [0.2, 0.25) is 0 Å². The molecule has 1 rings (SSSR count). The fourth-order valence-corrected chi connectivity index (χ4v) is 2.01. The van der Waals surface area contributed by atoms with Gasteiger partial charge in [0.2, 0.25) is 5.95 Å². The maximum absolute atomic E-state index is 4.53. The molecule has 0 aliphatic carbocycles. The first kappa shape index (κ1) is 17.9. The Balaban J connectivity index is 2.55. The van der Waals surface area contributed by atoms with E-state index in [1.807, 2.05) is 12.4 Å². The number of hydrogen-bond acceptors (Lipinski definition) is 5. The van der Waals surface area contributed by atoms with E-state index >= 15 is 0 Å². The van der Waals surface area contributed by atoms with E-state index in [2.05, 4.69) is 60.0 Å². The molecule has 0 saturated heterocycles. The van der Waals surface area contributed by atoms with Gasteiger partial charge in [0, 0.05) is 44.1 Å². The van der Waals surface area contributed by atoms with Gasteiger partial charge in [-0.15, -0.1) is 0 Å². The monoisotopic (exact) mass is 293 g/mol. The maximum Gasteiger partial charge on any atom is 0.225 e. The molecular formula is C16H31N5. The zero-order chi connectivity index (χ0) is 15.7. The molecule has 0 aliphatic rings. The fourth-order valence-electron chi connectivity index (χ4n) is 2.01. The van der Waals surface area contributed by atoms with Crippen molar-refractivity contribution in [2.45, 2.75) is 33.7 Å². The Bertz CT molecular complexity index is 375. The molecule has 0 fully saturated rings. The molecule has 0 aromatic carbocycles. The lowest BCUT2D eigenvalue weighted by atomic mass is 10.2. The van der Waals surface area contributed by atoms with E-state index in [1.165, 1.54) is 0 Å². The number of likely N-dealkylation sites (N-methyl/N-ethyl adjacent to an activating group) is 1. The second kappa shape index (κ2) is 9.68. The van der Waals surface area contributed by atoms with Crippen LogP contribution in [0.4, 0.5) is 5.95 Å². The van der Waals surface area contributed by atoms with Crippen LogP contribution in [0.25, 0.3) is 0 Å². The number of anilines is 1. The molecule has 0 unspecified atom stereocenters. The summed E-state index contributed by atoms with van der Waals surface area (Å²) in [5.41, 5.74) is 1.14. The predicted molar refractivity (Wildman–Crippen MR) is 89.6 cm³/mol.